The Morgan fingerprint density at radius 3 is 2.50 bits per heavy atom. The number of nitrogens with zero attached hydrogens (tertiary/aromatic N) is 1. The van der Waals surface area contributed by atoms with E-state index in [-0.39, 0.29) is 4.90 Å². The minimum atomic E-state index is -3.64. The van der Waals surface area contributed by atoms with Crippen LogP contribution in [-0.4, -0.2) is 41.2 Å². The van der Waals surface area contributed by atoms with Crippen molar-refractivity contribution in [1.82, 2.24) is 10.6 Å². The van der Waals surface area contributed by atoms with Crippen LogP contribution in [0.3, 0.4) is 0 Å². The fraction of sp³-hybridized carbons (Fsp3) is 0.500. The summed E-state index contributed by atoms with van der Waals surface area (Å²) in [5, 5.41) is 11.4. The summed E-state index contributed by atoms with van der Waals surface area (Å²) in [5.74, 6) is 0.687. The molecule has 0 aromatic heterocycles. The van der Waals surface area contributed by atoms with Crippen molar-refractivity contribution in [3.63, 3.8) is 0 Å². The minimum absolute atomic E-state index is 0.106. The maximum atomic E-state index is 11.2. The Kier molecular flexibility index (Phi) is 7.86. The Hall–Kier alpha value is -1.64. The smallest absolute Gasteiger partial charge is 0.238 e. The third-order valence-corrected chi connectivity index (χ3v) is 3.83. The van der Waals surface area contributed by atoms with Gasteiger partial charge in [-0.25, -0.2) is 13.6 Å². The molecule has 22 heavy (non-hydrogen) atoms. The van der Waals surface area contributed by atoms with Gasteiger partial charge in [0.15, 0.2) is 5.96 Å². The van der Waals surface area contributed by atoms with E-state index < -0.39 is 10.0 Å². The molecule has 4 N–H and O–H groups in total. The van der Waals surface area contributed by atoms with E-state index in [0.717, 1.165) is 31.7 Å². The summed E-state index contributed by atoms with van der Waals surface area (Å²) < 4.78 is 27.6. The van der Waals surface area contributed by atoms with Gasteiger partial charge in [0.05, 0.1) is 4.90 Å². The van der Waals surface area contributed by atoms with Gasteiger partial charge >= 0.3 is 0 Å². The number of hydrogen-bond acceptors (Lipinski definition) is 4. The molecule has 0 saturated heterocycles. The Labute approximate surface area is 132 Å². The molecule has 0 aliphatic carbocycles. The molecule has 0 heterocycles. The first-order chi connectivity index (χ1) is 10.5. The molecule has 124 valence electrons. The van der Waals surface area contributed by atoms with Gasteiger partial charge in [0.2, 0.25) is 10.0 Å². The van der Waals surface area contributed by atoms with Crippen LogP contribution < -0.4 is 15.8 Å². The van der Waals surface area contributed by atoms with Crippen LogP contribution in [0.4, 0.5) is 0 Å². The van der Waals surface area contributed by atoms with Gasteiger partial charge in [-0.15, -0.1) is 0 Å². The van der Waals surface area contributed by atoms with Crippen molar-refractivity contribution in [3.05, 3.63) is 29.8 Å². The van der Waals surface area contributed by atoms with Crippen molar-refractivity contribution in [3.8, 4) is 0 Å². The molecule has 0 radical (unpaired) electrons. The van der Waals surface area contributed by atoms with E-state index in [2.05, 4.69) is 15.6 Å². The summed E-state index contributed by atoms with van der Waals surface area (Å²) in [6.45, 7) is 4.71. The first-order valence-electron chi connectivity index (χ1n) is 7.11. The average Bonchev–Trinajstić information content (AvgIpc) is 2.49. The number of guanidine groups is 1. The number of rotatable bonds is 8. The van der Waals surface area contributed by atoms with Crippen molar-refractivity contribution < 1.29 is 13.2 Å². The summed E-state index contributed by atoms with van der Waals surface area (Å²) in [5.41, 5.74) is 0.935. The quantitative estimate of drug-likeness (QED) is 0.364. The zero-order valence-electron chi connectivity index (χ0n) is 13.0. The van der Waals surface area contributed by atoms with Crippen molar-refractivity contribution in [1.29, 1.82) is 0 Å². The van der Waals surface area contributed by atoms with Gasteiger partial charge in [0.1, 0.15) is 0 Å². The molecule has 1 aromatic carbocycles. The maximum absolute atomic E-state index is 11.2. The number of sulfonamides is 1. The summed E-state index contributed by atoms with van der Waals surface area (Å²) in [6, 6.07) is 6.42. The van der Waals surface area contributed by atoms with Crippen molar-refractivity contribution in [2.45, 2.75) is 24.8 Å². The monoisotopic (exact) mass is 328 g/mol. The van der Waals surface area contributed by atoms with E-state index in [1.54, 1.807) is 19.2 Å². The molecule has 0 amide bonds. The van der Waals surface area contributed by atoms with E-state index in [9.17, 15) is 8.42 Å². The molecule has 8 heteroatoms. The van der Waals surface area contributed by atoms with Crippen LogP contribution in [0.15, 0.2) is 34.2 Å². The molecule has 0 saturated carbocycles. The molecular weight excluding hydrogens is 304 g/mol. The second-order valence-corrected chi connectivity index (χ2v) is 6.15. The van der Waals surface area contributed by atoms with Crippen LogP contribution in [0.5, 0.6) is 0 Å². The van der Waals surface area contributed by atoms with Crippen LogP contribution in [0.25, 0.3) is 0 Å². The molecule has 1 aromatic rings. The molecule has 0 fully saturated rings. The Morgan fingerprint density at radius 2 is 1.95 bits per heavy atom. The van der Waals surface area contributed by atoms with Gasteiger partial charge in [-0.1, -0.05) is 12.1 Å². The zero-order chi connectivity index (χ0) is 16.4. The lowest BCUT2D eigenvalue weighted by Crippen LogP contribution is -2.37. The lowest BCUT2D eigenvalue weighted by atomic mass is 10.2. The fourth-order valence-electron chi connectivity index (χ4n) is 1.73. The van der Waals surface area contributed by atoms with Crippen molar-refractivity contribution in [2.24, 2.45) is 10.1 Å². The molecule has 0 spiro atoms. The number of aliphatic imine (C=N–C) groups is 1. The molecule has 0 aliphatic rings. The summed E-state index contributed by atoms with van der Waals surface area (Å²) in [7, 11) is -1.95. The minimum Gasteiger partial charge on any atom is -0.382 e. The topological polar surface area (TPSA) is 106 Å². The summed E-state index contributed by atoms with van der Waals surface area (Å²) >= 11 is 0. The Morgan fingerprint density at radius 1 is 1.27 bits per heavy atom. The average molecular weight is 328 g/mol. The molecule has 0 aliphatic heterocycles. The van der Waals surface area contributed by atoms with Crippen LogP contribution >= 0.6 is 0 Å². The molecule has 0 atom stereocenters. The van der Waals surface area contributed by atoms with E-state index in [4.69, 9.17) is 9.88 Å². The normalized spacial score (nSPS) is 12.2. The van der Waals surface area contributed by atoms with Crippen LogP contribution in [0.2, 0.25) is 0 Å². The predicted molar refractivity (Wildman–Crippen MR) is 87.1 cm³/mol. The van der Waals surface area contributed by atoms with E-state index in [1.165, 1.54) is 12.1 Å². The highest BCUT2D eigenvalue weighted by molar-refractivity contribution is 7.89. The van der Waals surface area contributed by atoms with Crippen LogP contribution in [0.1, 0.15) is 18.9 Å². The highest BCUT2D eigenvalue weighted by Gasteiger charge is 2.06. The molecule has 0 unspecified atom stereocenters. The number of primary sulfonamides is 1. The third-order valence-electron chi connectivity index (χ3n) is 2.90. The summed E-state index contributed by atoms with van der Waals surface area (Å²) in [6.07, 6.45) is 0.900. The Balaban J connectivity index is 2.40. The number of nitrogens with one attached hydrogen (secondary N) is 2. The number of benzene rings is 1. The van der Waals surface area contributed by atoms with Gasteiger partial charge in [0, 0.05) is 33.4 Å². The number of hydrogen-bond donors (Lipinski definition) is 3. The van der Waals surface area contributed by atoms with Gasteiger partial charge in [0.25, 0.3) is 0 Å². The van der Waals surface area contributed by atoms with Gasteiger partial charge < -0.3 is 15.4 Å². The standard InChI is InChI=1S/C14H24N4O3S/c1-3-21-10-4-9-17-14(16-2)18-11-12-5-7-13(8-6-12)22(15,19)20/h5-8H,3-4,9-11H2,1-2H3,(H2,15,19,20)(H2,16,17,18). The van der Waals surface area contributed by atoms with E-state index >= 15 is 0 Å². The van der Waals surface area contributed by atoms with E-state index in [1.807, 2.05) is 6.92 Å². The second kappa shape index (κ2) is 9.39. The first kappa shape index (κ1) is 18.4. The molecular formula is C14H24N4O3S. The molecule has 0 bridgehead atoms. The van der Waals surface area contributed by atoms with E-state index in [0.29, 0.717) is 12.5 Å². The maximum Gasteiger partial charge on any atom is 0.238 e. The predicted octanol–water partition coefficient (Wildman–Crippen LogP) is 0.426. The van der Waals surface area contributed by atoms with Crippen molar-refractivity contribution >= 4 is 16.0 Å². The molecule has 1 rings (SSSR count). The highest BCUT2D eigenvalue weighted by atomic mass is 32.2. The SMILES string of the molecule is CCOCCCNC(=NC)NCc1ccc(S(N)(=O)=O)cc1. The fourth-order valence-corrected chi connectivity index (χ4v) is 2.24. The first-order valence-corrected chi connectivity index (χ1v) is 8.66. The largest absolute Gasteiger partial charge is 0.382 e. The van der Waals surface area contributed by atoms with Gasteiger partial charge in [-0.2, -0.15) is 0 Å². The zero-order valence-corrected chi connectivity index (χ0v) is 13.8. The van der Waals surface area contributed by atoms with Crippen molar-refractivity contribution in [2.75, 3.05) is 26.8 Å². The third kappa shape index (κ3) is 6.88. The lowest BCUT2D eigenvalue weighted by molar-refractivity contribution is 0.145. The second-order valence-electron chi connectivity index (χ2n) is 4.59. The van der Waals surface area contributed by atoms with Gasteiger partial charge in [-0.05, 0) is 31.0 Å². The Bertz CT molecular complexity index is 570. The van der Waals surface area contributed by atoms with Crippen LogP contribution in [-0.2, 0) is 21.3 Å². The van der Waals surface area contributed by atoms with Gasteiger partial charge in [-0.3, -0.25) is 4.99 Å². The highest BCUT2D eigenvalue weighted by Crippen LogP contribution is 2.08. The summed E-state index contributed by atoms with van der Waals surface area (Å²) in [4.78, 5) is 4.22. The number of nitrogens with two attached hydrogens (primary N) is 1. The lowest BCUT2D eigenvalue weighted by Gasteiger charge is -2.12. The van der Waals surface area contributed by atoms with Crippen LogP contribution in [0, 0.1) is 0 Å². The molecule has 7 nitrogen and oxygen atoms in total. The number of ether oxygens (including phenoxy) is 1.